The van der Waals surface area contributed by atoms with E-state index in [0.717, 1.165) is 13.0 Å². The van der Waals surface area contributed by atoms with E-state index in [4.69, 9.17) is 4.74 Å². The van der Waals surface area contributed by atoms with Crippen molar-refractivity contribution in [2.24, 2.45) is 5.92 Å². The van der Waals surface area contributed by atoms with Crippen LogP contribution in [0.3, 0.4) is 0 Å². The van der Waals surface area contributed by atoms with E-state index >= 15 is 0 Å². The molecule has 92 valence electrons. The van der Waals surface area contributed by atoms with E-state index in [-0.39, 0.29) is 12.1 Å². The van der Waals surface area contributed by atoms with Gasteiger partial charge in [0.1, 0.15) is 0 Å². The van der Waals surface area contributed by atoms with Crippen LogP contribution in [0.2, 0.25) is 0 Å². The number of carbonyl (C=O) groups is 1. The van der Waals surface area contributed by atoms with Gasteiger partial charge in [0.05, 0.1) is 12.6 Å². The monoisotopic (exact) mass is 251 g/mol. The Labute approximate surface area is 105 Å². The molecule has 1 unspecified atom stereocenters. The van der Waals surface area contributed by atoms with E-state index in [1.807, 2.05) is 23.2 Å². The topological polar surface area (TPSA) is 29.5 Å². The molecule has 0 bridgehead atoms. The summed E-state index contributed by atoms with van der Waals surface area (Å²) in [7, 11) is 0. The third kappa shape index (κ3) is 1.95. The van der Waals surface area contributed by atoms with E-state index in [9.17, 15) is 4.79 Å². The van der Waals surface area contributed by atoms with E-state index in [0.29, 0.717) is 12.5 Å². The van der Waals surface area contributed by atoms with Gasteiger partial charge in [0, 0.05) is 11.4 Å². The van der Waals surface area contributed by atoms with Gasteiger partial charge in [-0.15, -0.1) is 11.3 Å². The van der Waals surface area contributed by atoms with Crippen LogP contribution >= 0.6 is 11.3 Å². The second-order valence-corrected chi connectivity index (χ2v) is 5.72. The fraction of sp³-hybridized carbons (Fsp3) is 0.615. The summed E-state index contributed by atoms with van der Waals surface area (Å²) in [5.41, 5.74) is 1.37. The fourth-order valence-electron chi connectivity index (χ4n) is 2.68. The lowest BCUT2D eigenvalue weighted by atomic mass is 9.96. The van der Waals surface area contributed by atoms with Gasteiger partial charge in [0.25, 0.3) is 0 Å². The zero-order valence-electron chi connectivity index (χ0n) is 10.0. The molecule has 1 atom stereocenters. The molecule has 1 saturated carbocycles. The van der Waals surface area contributed by atoms with E-state index in [2.05, 4.69) is 11.4 Å². The van der Waals surface area contributed by atoms with Crippen molar-refractivity contribution in [3.8, 4) is 0 Å². The predicted molar refractivity (Wildman–Crippen MR) is 67.2 cm³/mol. The van der Waals surface area contributed by atoms with Crippen molar-refractivity contribution in [1.82, 2.24) is 4.90 Å². The maximum absolute atomic E-state index is 12.0. The van der Waals surface area contributed by atoms with Gasteiger partial charge in [-0.05, 0) is 49.1 Å². The van der Waals surface area contributed by atoms with Crippen molar-refractivity contribution in [1.29, 1.82) is 0 Å². The Kier molecular flexibility index (Phi) is 2.82. The van der Waals surface area contributed by atoms with Crippen LogP contribution in [0.15, 0.2) is 11.4 Å². The first kappa shape index (κ1) is 11.1. The Morgan fingerprint density at radius 3 is 3.12 bits per heavy atom. The smallest absolute Gasteiger partial charge is 0.410 e. The van der Waals surface area contributed by atoms with Crippen LogP contribution in [0.5, 0.6) is 0 Å². The standard InChI is InChI=1S/C13H17NO2S/c1-2-16-13(15)14-7-5-11-10(6-8-17-11)12(14)9-3-4-9/h6,8-9,12H,2-5,7H2,1H3. The lowest BCUT2D eigenvalue weighted by Gasteiger charge is -2.35. The molecular weight excluding hydrogens is 234 g/mol. The van der Waals surface area contributed by atoms with Crippen molar-refractivity contribution < 1.29 is 9.53 Å². The highest BCUT2D eigenvalue weighted by Crippen LogP contribution is 2.48. The fourth-order valence-corrected chi connectivity index (χ4v) is 3.59. The molecule has 1 aliphatic carbocycles. The van der Waals surface area contributed by atoms with Crippen molar-refractivity contribution in [2.45, 2.75) is 32.2 Å². The quantitative estimate of drug-likeness (QED) is 0.807. The number of ether oxygens (including phenoxy) is 1. The first-order chi connectivity index (χ1) is 8.31. The van der Waals surface area contributed by atoms with Crippen LogP contribution < -0.4 is 0 Å². The summed E-state index contributed by atoms with van der Waals surface area (Å²) in [4.78, 5) is 15.4. The molecule has 0 aromatic carbocycles. The van der Waals surface area contributed by atoms with E-state index in [1.165, 1.54) is 23.3 Å². The number of rotatable bonds is 2. The SMILES string of the molecule is CCOC(=O)N1CCc2sccc2C1C1CC1. The van der Waals surface area contributed by atoms with Gasteiger partial charge in [-0.3, -0.25) is 0 Å². The van der Waals surface area contributed by atoms with Crippen LogP contribution in [0, 0.1) is 5.92 Å². The maximum atomic E-state index is 12.0. The second-order valence-electron chi connectivity index (χ2n) is 4.72. The van der Waals surface area contributed by atoms with Gasteiger partial charge in [-0.25, -0.2) is 4.79 Å². The Morgan fingerprint density at radius 2 is 2.41 bits per heavy atom. The minimum Gasteiger partial charge on any atom is -0.450 e. The van der Waals surface area contributed by atoms with Gasteiger partial charge in [0.15, 0.2) is 0 Å². The molecule has 0 saturated heterocycles. The zero-order valence-corrected chi connectivity index (χ0v) is 10.8. The molecule has 3 rings (SSSR count). The average molecular weight is 251 g/mol. The van der Waals surface area contributed by atoms with Gasteiger partial charge < -0.3 is 9.64 Å². The molecule has 1 fully saturated rings. The van der Waals surface area contributed by atoms with Crippen LogP contribution in [-0.2, 0) is 11.2 Å². The molecule has 3 nitrogen and oxygen atoms in total. The summed E-state index contributed by atoms with van der Waals surface area (Å²) in [6, 6.07) is 2.47. The first-order valence-electron chi connectivity index (χ1n) is 6.31. The highest BCUT2D eigenvalue weighted by molar-refractivity contribution is 7.10. The molecule has 1 aliphatic heterocycles. The molecule has 2 aliphatic rings. The maximum Gasteiger partial charge on any atom is 0.410 e. The Hall–Kier alpha value is -1.03. The second kappa shape index (κ2) is 4.33. The van der Waals surface area contributed by atoms with Crippen molar-refractivity contribution >= 4 is 17.4 Å². The Balaban J connectivity index is 1.88. The van der Waals surface area contributed by atoms with E-state index in [1.54, 1.807) is 0 Å². The summed E-state index contributed by atoms with van der Waals surface area (Å²) in [6.45, 7) is 3.14. The minimum absolute atomic E-state index is 0.138. The molecule has 1 aromatic rings. The van der Waals surface area contributed by atoms with Gasteiger partial charge >= 0.3 is 6.09 Å². The highest BCUT2D eigenvalue weighted by atomic mass is 32.1. The molecular formula is C13H17NO2S. The largest absolute Gasteiger partial charge is 0.450 e. The number of amides is 1. The number of hydrogen-bond donors (Lipinski definition) is 0. The number of hydrogen-bond acceptors (Lipinski definition) is 3. The summed E-state index contributed by atoms with van der Waals surface area (Å²) >= 11 is 1.82. The third-order valence-electron chi connectivity index (χ3n) is 3.58. The van der Waals surface area contributed by atoms with Crippen molar-refractivity contribution in [2.75, 3.05) is 13.2 Å². The normalized spacial score (nSPS) is 23.4. The Morgan fingerprint density at radius 1 is 1.59 bits per heavy atom. The van der Waals surface area contributed by atoms with Crippen LogP contribution in [0.1, 0.15) is 36.2 Å². The van der Waals surface area contributed by atoms with Gasteiger partial charge in [0.2, 0.25) is 0 Å². The number of thiophene rings is 1. The molecule has 0 radical (unpaired) electrons. The van der Waals surface area contributed by atoms with Crippen LogP contribution in [0.4, 0.5) is 4.79 Å². The molecule has 1 aromatic heterocycles. The number of fused-ring (bicyclic) bond motifs is 1. The number of carbonyl (C=O) groups excluding carboxylic acids is 1. The summed E-state index contributed by atoms with van der Waals surface area (Å²) in [6.07, 6.45) is 3.34. The predicted octanol–water partition coefficient (Wildman–Crippen LogP) is 3.21. The van der Waals surface area contributed by atoms with Crippen molar-refractivity contribution in [3.63, 3.8) is 0 Å². The van der Waals surface area contributed by atoms with Gasteiger partial charge in [-0.2, -0.15) is 0 Å². The molecule has 2 heterocycles. The van der Waals surface area contributed by atoms with Gasteiger partial charge in [-0.1, -0.05) is 0 Å². The number of nitrogens with zero attached hydrogens (tertiary/aromatic N) is 1. The van der Waals surface area contributed by atoms with E-state index < -0.39 is 0 Å². The third-order valence-corrected chi connectivity index (χ3v) is 4.58. The lowest BCUT2D eigenvalue weighted by Crippen LogP contribution is -2.40. The van der Waals surface area contributed by atoms with Crippen LogP contribution in [-0.4, -0.2) is 24.1 Å². The molecule has 17 heavy (non-hydrogen) atoms. The molecule has 4 heteroatoms. The first-order valence-corrected chi connectivity index (χ1v) is 7.19. The van der Waals surface area contributed by atoms with Crippen molar-refractivity contribution in [3.05, 3.63) is 21.9 Å². The minimum atomic E-state index is -0.138. The average Bonchev–Trinajstić information content (AvgIpc) is 3.05. The highest BCUT2D eigenvalue weighted by Gasteiger charge is 2.42. The molecule has 0 spiro atoms. The summed E-state index contributed by atoms with van der Waals surface area (Å²) < 4.78 is 5.17. The lowest BCUT2D eigenvalue weighted by molar-refractivity contribution is 0.0818. The summed E-state index contributed by atoms with van der Waals surface area (Å²) in [5, 5.41) is 2.15. The van der Waals surface area contributed by atoms with Crippen LogP contribution in [0.25, 0.3) is 0 Å². The Bertz CT molecular complexity index is 425. The molecule has 0 N–H and O–H groups in total. The summed E-state index contributed by atoms with van der Waals surface area (Å²) in [5.74, 6) is 0.660. The molecule has 1 amide bonds. The zero-order chi connectivity index (χ0) is 11.8.